The molecule has 1 unspecified atom stereocenters. The van der Waals surface area contributed by atoms with E-state index in [1.807, 2.05) is 24.3 Å². The number of hydrogen-bond donors (Lipinski definition) is 3. The number of hydrogen-bond acceptors (Lipinski definition) is 4. The van der Waals surface area contributed by atoms with Crippen LogP contribution in [0.1, 0.15) is 44.1 Å². The fraction of sp³-hybridized carbons (Fsp3) is 0.556. The Morgan fingerprint density at radius 1 is 1.24 bits per heavy atom. The van der Waals surface area contributed by atoms with Crippen LogP contribution in [0.25, 0.3) is 0 Å². The molecule has 1 saturated heterocycles. The van der Waals surface area contributed by atoms with E-state index in [1.54, 1.807) is 0 Å². The van der Waals surface area contributed by atoms with Crippen LogP contribution in [0, 0.1) is 0 Å². The Kier molecular flexibility index (Phi) is 6.81. The lowest BCUT2D eigenvalue weighted by Gasteiger charge is -2.22. The van der Waals surface area contributed by atoms with Gasteiger partial charge in [0, 0.05) is 18.8 Å². The van der Waals surface area contributed by atoms with Crippen LogP contribution in [0.15, 0.2) is 24.3 Å². The van der Waals surface area contributed by atoms with E-state index in [1.165, 1.54) is 0 Å². The number of halogens is 1. The number of rotatable bonds is 5. The highest BCUT2D eigenvalue weighted by molar-refractivity contribution is 5.94. The molecule has 1 heterocycles. The van der Waals surface area contributed by atoms with Crippen LogP contribution < -0.4 is 16.4 Å². The highest BCUT2D eigenvalue weighted by atomic mass is 35.5. The second-order valence-corrected chi connectivity index (χ2v) is 6.74. The lowest BCUT2D eigenvalue weighted by molar-refractivity contribution is -0.126. The van der Waals surface area contributed by atoms with Gasteiger partial charge < -0.3 is 21.1 Å². The van der Waals surface area contributed by atoms with E-state index in [0.717, 1.165) is 44.1 Å². The third-order valence-corrected chi connectivity index (χ3v) is 4.82. The largest absolute Gasteiger partial charge is 0.368 e. The van der Waals surface area contributed by atoms with Crippen LogP contribution in [0.2, 0.25) is 0 Å². The second-order valence-electron chi connectivity index (χ2n) is 6.74. The Bertz CT molecular complexity index is 611. The van der Waals surface area contributed by atoms with Gasteiger partial charge in [-0.25, -0.2) is 0 Å². The van der Waals surface area contributed by atoms with Gasteiger partial charge in [0.05, 0.1) is 5.54 Å². The van der Waals surface area contributed by atoms with Crippen molar-refractivity contribution in [1.29, 1.82) is 0 Å². The number of carbonyl (C=O) groups is 2. The summed E-state index contributed by atoms with van der Waals surface area (Å²) in [4.78, 5) is 24.3. The molecule has 0 spiro atoms. The third-order valence-electron chi connectivity index (χ3n) is 4.82. The minimum absolute atomic E-state index is 0. The number of ether oxygens (including phenoxy) is 1. The average molecular weight is 368 g/mol. The highest BCUT2D eigenvalue weighted by Gasteiger charge is 2.36. The summed E-state index contributed by atoms with van der Waals surface area (Å²) in [5.41, 5.74) is 7.07. The zero-order valence-corrected chi connectivity index (χ0v) is 15.1. The topological polar surface area (TPSA) is 93.5 Å². The molecule has 0 radical (unpaired) electrons. The first-order chi connectivity index (χ1) is 11.6. The van der Waals surface area contributed by atoms with Gasteiger partial charge in [-0.3, -0.25) is 9.59 Å². The molecule has 4 N–H and O–H groups in total. The third kappa shape index (κ3) is 4.93. The summed E-state index contributed by atoms with van der Waals surface area (Å²) in [5.74, 6) is -0.200. The molecule has 0 aromatic heterocycles. The molecular formula is C18H26ClN3O3. The molecule has 6 nitrogen and oxygen atoms in total. The number of nitrogens with one attached hydrogen (secondary N) is 2. The molecule has 25 heavy (non-hydrogen) atoms. The summed E-state index contributed by atoms with van der Waals surface area (Å²) in [6.07, 6.45) is 4.84. The Balaban J connectivity index is 0.00000225. The van der Waals surface area contributed by atoms with Crippen molar-refractivity contribution in [3.05, 3.63) is 29.8 Å². The van der Waals surface area contributed by atoms with E-state index in [4.69, 9.17) is 10.5 Å². The minimum atomic E-state index is -0.717. The van der Waals surface area contributed by atoms with E-state index >= 15 is 0 Å². The van der Waals surface area contributed by atoms with Crippen molar-refractivity contribution >= 4 is 29.9 Å². The number of anilines is 1. The standard InChI is InChI=1S/C18H25N3O3.ClH/c19-18(8-1-2-9-18)17(23)20-12-13-5-3-6-14(11-13)21-16(22)15-7-4-10-24-15;/h3,5-6,11,15H,1-2,4,7-10,12,19H2,(H,20,23)(H,21,22);1H. The Morgan fingerprint density at radius 3 is 2.68 bits per heavy atom. The molecule has 1 aromatic rings. The first-order valence-corrected chi connectivity index (χ1v) is 8.65. The molecule has 2 fully saturated rings. The molecule has 1 atom stereocenters. The molecular weight excluding hydrogens is 342 g/mol. The zero-order valence-electron chi connectivity index (χ0n) is 14.3. The molecule has 1 aliphatic carbocycles. The monoisotopic (exact) mass is 367 g/mol. The maximum absolute atomic E-state index is 12.3. The average Bonchev–Trinajstić information content (AvgIpc) is 3.25. The van der Waals surface area contributed by atoms with Crippen LogP contribution in [0.5, 0.6) is 0 Å². The number of amides is 2. The Labute approximate surface area is 154 Å². The summed E-state index contributed by atoms with van der Waals surface area (Å²) in [5, 5.41) is 5.79. The fourth-order valence-corrected chi connectivity index (χ4v) is 3.36. The number of nitrogens with two attached hydrogens (primary N) is 1. The van der Waals surface area contributed by atoms with Gasteiger partial charge in [0.2, 0.25) is 5.91 Å². The normalized spacial score (nSPS) is 21.4. The number of benzene rings is 1. The predicted octanol–water partition coefficient (Wildman–Crippen LogP) is 2.11. The van der Waals surface area contributed by atoms with E-state index in [9.17, 15) is 9.59 Å². The van der Waals surface area contributed by atoms with Crippen LogP contribution >= 0.6 is 12.4 Å². The highest BCUT2D eigenvalue weighted by Crippen LogP contribution is 2.27. The van der Waals surface area contributed by atoms with E-state index in [0.29, 0.717) is 18.8 Å². The van der Waals surface area contributed by atoms with E-state index in [2.05, 4.69) is 10.6 Å². The van der Waals surface area contributed by atoms with Gasteiger partial charge in [-0.05, 0) is 43.4 Å². The fourth-order valence-electron chi connectivity index (χ4n) is 3.36. The zero-order chi connectivity index (χ0) is 17.0. The number of carbonyl (C=O) groups excluding carboxylic acids is 2. The smallest absolute Gasteiger partial charge is 0.253 e. The van der Waals surface area contributed by atoms with Crippen molar-refractivity contribution in [2.45, 2.75) is 56.7 Å². The van der Waals surface area contributed by atoms with Crippen LogP contribution in [0.4, 0.5) is 5.69 Å². The van der Waals surface area contributed by atoms with Gasteiger partial charge in [0.25, 0.3) is 5.91 Å². The molecule has 2 amide bonds. The van der Waals surface area contributed by atoms with Gasteiger partial charge in [-0.1, -0.05) is 25.0 Å². The van der Waals surface area contributed by atoms with Gasteiger partial charge in [-0.2, -0.15) is 0 Å². The second kappa shape index (κ2) is 8.65. The van der Waals surface area contributed by atoms with Crippen molar-refractivity contribution < 1.29 is 14.3 Å². The van der Waals surface area contributed by atoms with Gasteiger partial charge in [0.15, 0.2) is 0 Å². The summed E-state index contributed by atoms with van der Waals surface area (Å²) in [6, 6.07) is 7.48. The lowest BCUT2D eigenvalue weighted by Crippen LogP contribution is -2.51. The summed E-state index contributed by atoms with van der Waals surface area (Å²) in [6.45, 7) is 1.05. The van der Waals surface area contributed by atoms with Crippen LogP contribution in [-0.2, 0) is 20.9 Å². The van der Waals surface area contributed by atoms with Crippen molar-refractivity contribution in [3.8, 4) is 0 Å². The predicted molar refractivity (Wildman–Crippen MR) is 98.5 cm³/mol. The van der Waals surface area contributed by atoms with Crippen molar-refractivity contribution in [2.75, 3.05) is 11.9 Å². The van der Waals surface area contributed by atoms with E-state index in [-0.39, 0.29) is 30.3 Å². The first kappa shape index (κ1) is 19.7. The van der Waals surface area contributed by atoms with Crippen molar-refractivity contribution in [3.63, 3.8) is 0 Å². The SMILES string of the molecule is Cl.NC1(C(=O)NCc2cccc(NC(=O)C3CCCO3)c2)CCCC1. The van der Waals surface area contributed by atoms with Crippen LogP contribution in [-0.4, -0.2) is 30.1 Å². The maximum atomic E-state index is 12.3. The quantitative estimate of drug-likeness (QED) is 0.743. The van der Waals surface area contributed by atoms with Gasteiger partial charge in [-0.15, -0.1) is 12.4 Å². The van der Waals surface area contributed by atoms with Crippen LogP contribution in [0.3, 0.4) is 0 Å². The molecule has 1 aliphatic heterocycles. The summed E-state index contributed by atoms with van der Waals surface area (Å²) < 4.78 is 5.38. The van der Waals surface area contributed by atoms with Gasteiger partial charge >= 0.3 is 0 Å². The molecule has 2 aliphatic rings. The lowest BCUT2D eigenvalue weighted by atomic mass is 9.98. The Hall–Kier alpha value is -1.63. The Morgan fingerprint density at radius 2 is 2.00 bits per heavy atom. The van der Waals surface area contributed by atoms with Crippen molar-refractivity contribution in [2.24, 2.45) is 5.73 Å². The van der Waals surface area contributed by atoms with Crippen molar-refractivity contribution in [1.82, 2.24) is 5.32 Å². The first-order valence-electron chi connectivity index (χ1n) is 8.65. The van der Waals surface area contributed by atoms with Gasteiger partial charge in [0.1, 0.15) is 6.10 Å². The summed E-state index contributed by atoms with van der Waals surface area (Å²) in [7, 11) is 0. The van der Waals surface area contributed by atoms with E-state index < -0.39 is 5.54 Å². The maximum Gasteiger partial charge on any atom is 0.253 e. The molecule has 3 rings (SSSR count). The molecule has 0 bridgehead atoms. The molecule has 1 saturated carbocycles. The molecule has 1 aromatic carbocycles. The molecule has 7 heteroatoms. The minimum Gasteiger partial charge on any atom is -0.368 e. The summed E-state index contributed by atoms with van der Waals surface area (Å²) >= 11 is 0. The molecule has 138 valence electrons.